The number of aromatic nitrogens is 1. The molecule has 1 aliphatic heterocycles. The van der Waals surface area contributed by atoms with Crippen molar-refractivity contribution in [1.29, 1.82) is 0 Å². The SMILES string of the molecule is CCn1c(C)cc(C(=O)N2C[C@@H](NC(C)=O)[C@H](C(C)C)C2)c1C. The predicted molar refractivity (Wildman–Crippen MR) is 91.4 cm³/mol. The summed E-state index contributed by atoms with van der Waals surface area (Å²) in [4.78, 5) is 26.3. The van der Waals surface area contributed by atoms with Crippen molar-refractivity contribution in [3.63, 3.8) is 0 Å². The molecule has 5 nitrogen and oxygen atoms in total. The predicted octanol–water partition coefficient (Wildman–Crippen LogP) is 2.36. The number of nitrogens with one attached hydrogen (secondary N) is 1. The fourth-order valence-corrected chi connectivity index (χ4v) is 3.76. The maximum Gasteiger partial charge on any atom is 0.255 e. The summed E-state index contributed by atoms with van der Waals surface area (Å²) in [6.07, 6.45) is 0. The lowest BCUT2D eigenvalue weighted by Gasteiger charge is -2.21. The zero-order valence-electron chi connectivity index (χ0n) is 15.1. The van der Waals surface area contributed by atoms with Crippen LogP contribution in [0.5, 0.6) is 0 Å². The van der Waals surface area contributed by atoms with Gasteiger partial charge in [-0.05, 0) is 32.8 Å². The van der Waals surface area contributed by atoms with Crippen molar-refractivity contribution in [2.45, 2.75) is 54.1 Å². The minimum Gasteiger partial charge on any atom is -0.351 e. The standard InChI is InChI=1S/C18H29N3O2/c1-7-21-12(4)8-15(13(21)5)18(23)20-9-16(11(2)3)17(10-20)19-14(6)22/h8,11,16-17H,7,9-10H2,1-6H3,(H,19,22)/t16-,17+/m0/s1. The number of carbonyl (C=O) groups excluding carboxylic acids is 2. The van der Waals surface area contributed by atoms with Gasteiger partial charge < -0.3 is 14.8 Å². The number of nitrogens with zero attached hydrogens (tertiary/aromatic N) is 2. The molecule has 0 aromatic carbocycles. The molecule has 0 saturated carbocycles. The molecule has 2 rings (SSSR count). The number of hydrogen-bond donors (Lipinski definition) is 1. The Kier molecular flexibility index (Phi) is 5.17. The topological polar surface area (TPSA) is 54.3 Å². The Hall–Kier alpha value is -1.78. The van der Waals surface area contributed by atoms with Gasteiger partial charge in [0.25, 0.3) is 5.91 Å². The lowest BCUT2D eigenvalue weighted by atomic mass is 9.91. The van der Waals surface area contributed by atoms with E-state index in [1.54, 1.807) is 0 Å². The van der Waals surface area contributed by atoms with Gasteiger partial charge in [0.15, 0.2) is 0 Å². The Balaban J connectivity index is 2.22. The summed E-state index contributed by atoms with van der Waals surface area (Å²) >= 11 is 0. The van der Waals surface area contributed by atoms with Crippen LogP contribution in [0.15, 0.2) is 6.07 Å². The molecular weight excluding hydrogens is 290 g/mol. The number of likely N-dealkylation sites (tertiary alicyclic amines) is 1. The zero-order chi connectivity index (χ0) is 17.3. The van der Waals surface area contributed by atoms with E-state index in [2.05, 4.69) is 30.7 Å². The van der Waals surface area contributed by atoms with E-state index in [0.717, 1.165) is 23.5 Å². The second kappa shape index (κ2) is 6.77. The molecule has 1 aliphatic rings. The molecule has 5 heteroatoms. The fraction of sp³-hybridized carbons (Fsp3) is 0.667. The highest BCUT2D eigenvalue weighted by Gasteiger charge is 2.38. The van der Waals surface area contributed by atoms with E-state index in [-0.39, 0.29) is 17.9 Å². The van der Waals surface area contributed by atoms with Crippen LogP contribution >= 0.6 is 0 Å². The number of hydrogen-bond acceptors (Lipinski definition) is 2. The molecule has 0 unspecified atom stereocenters. The molecule has 0 bridgehead atoms. The Morgan fingerprint density at radius 3 is 2.43 bits per heavy atom. The minimum atomic E-state index is -0.0286. The van der Waals surface area contributed by atoms with Gasteiger partial charge in [0.1, 0.15) is 0 Å². The summed E-state index contributed by atoms with van der Waals surface area (Å²) in [7, 11) is 0. The van der Waals surface area contributed by atoms with Crippen LogP contribution in [0.4, 0.5) is 0 Å². The first-order chi connectivity index (χ1) is 10.8. The van der Waals surface area contributed by atoms with E-state index in [4.69, 9.17) is 0 Å². The molecule has 0 spiro atoms. The summed E-state index contributed by atoms with van der Waals surface area (Å²) in [5, 5.41) is 3.01. The van der Waals surface area contributed by atoms with Gasteiger partial charge in [-0.25, -0.2) is 0 Å². The monoisotopic (exact) mass is 319 g/mol. The molecule has 23 heavy (non-hydrogen) atoms. The third-order valence-electron chi connectivity index (χ3n) is 5.02. The van der Waals surface area contributed by atoms with Gasteiger partial charge in [-0.2, -0.15) is 0 Å². The van der Waals surface area contributed by atoms with Crippen LogP contribution in [0.3, 0.4) is 0 Å². The van der Waals surface area contributed by atoms with Crippen molar-refractivity contribution < 1.29 is 9.59 Å². The van der Waals surface area contributed by atoms with Gasteiger partial charge >= 0.3 is 0 Å². The highest BCUT2D eigenvalue weighted by molar-refractivity contribution is 5.96. The summed E-state index contributed by atoms with van der Waals surface area (Å²) in [5.74, 6) is 0.778. The number of amides is 2. The summed E-state index contributed by atoms with van der Waals surface area (Å²) in [6.45, 7) is 14.1. The molecule has 0 aliphatic carbocycles. The zero-order valence-corrected chi connectivity index (χ0v) is 15.1. The maximum absolute atomic E-state index is 12.9. The Bertz CT molecular complexity index is 604. The van der Waals surface area contributed by atoms with Gasteiger partial charge in [-0.3, -0.25) is 9.59 Å². The second-order valence-corrected chi connectivity index (χ2v) is 6.95. The van der Waals surface area contributed by atoms with Crippen molar-refractivity contribution in [2.75, 3.05) is 13.1 Å². The van der Waals surface area contributed by atoms with E-state index in [1.165, 1.54) is 6.92 Å². The largest absolute Gasteiger partial charge is 0.351 e. The molecule has 1 saturated heterocycles. The van der Waals surface area contributed by atoms with Gasteiger partial charge in [0.05, 0.1) is 11.6 Å². The van der Waals surface area contributed by atoms with Crippen molar-refractivity contribution in [3.05, 3.63) is 23.0 Å². The van der Waals surface area contributed by atoms with Crippen molar-refractivity contribution >= 4 is 11.8 Å². The summed E-state index contributed by atoms with van der Waals surface area (Å²) < 4.78 is 2.16. The van der Waals surface area contributed by atoms with Crippen LogP contribution in [0.1, 0.15) is 49.4 Å². The number of carbonyl (C=O) groups is 2. The first-order valence-electron chi connectivity index (χ1n) is 8.49. The Morgan fingerprint density at radius 1 is 1.30 bits per heavy atom. The normalized spacial score (nSPS) is 21.1. The molecule has 2 amide bonds. The molecule has 1 aromatic heterocycles. The second-order valence-electron chi connectivity index (χ2n) is 6.95. The van der Waals surface area contributed by atoms with E-state index >= 15 is 0 Å². The number of rotatable bonds is 4. The van der Waals surface area contributed by atoms with Crippen molar-refractivity contribution in [1.82, 2.24) is 14.8 Å². The lowest BCUT2D eigenvalue weighted by Crippen LogP contribution is -2.41. The van der Waals surface area contributed by atoms with Crippen LogP contribution in [-0.2, 0) is 11.3 Å². The lowest BCUT2D eigenvalue weighted by molar-refractivity contribution is -0.119. The average molecular weight is 319 g/mol. The maximum atomic E-state index is 12.9. The highest BCUT2D eigenvalue weighted by Crippen LogP contribution is 2.27. The third kappa shape index (κ3) is 3.43. The van der Waals surface area contributed by atoms with Crippen LogP contribution in [-0.4, -0.2) is 40.4 Å². The first kappa shape index (κ1) is 17.6. The van der Waals surface area contributed by atoms with Gasteiger partial charge in [0, 0.05) is 43.9 Å². The first-order valence-corrected chi connectivity index (χ1v) is 8.49. The molecule has 2 heterocycles. The summed E-state index contributed by atoms with van der Waals surface area (Å²) in [5.41, 5.74) is 2.93. The number of aryl methyl sites for hydroxylation is 1. The van der Waals surface area contributed by atoms with Crippen molar-refractivity contribution in [3.8, 4) is 0 Å². The van der Waals surface area contributed by atoms with Gasteiger partial charge in [-0.1, -0.05) is 13.8 Å². The molecule has 0 radical (unpaired) electrons. The quantitative estimate of drug-likeness (QED) is 0.926. The molecule has 1 fully saturated rings. The Morgan fingerprint density at radius 2 is 1.96 bits per heavy atom. The van der Waals surface area contributed by atoms with Gasteiger partial charge in [-0.15, -0.1) is 0 Å². The highest BCUT2D eigenvalue weighted by atomic mass is 16.2. The summed E-state index contributed by atoms with van der Waals surface area (Å²) in [6, 6.07) is 2.03. The van der Waals surface area contributed by atoms with Gasteiger partial charge in [0.2, 0.25) is 5.91 Å². The third-order valence-corrected chi connectivity index (χ3v) is 5.02. The minimum absolute atomic E-state index is 0.0286. The van der Waals surface area contributed by atoms with E-state index in [1.807, 2.05) is 24.8 Å². The van der Waals surface area contributed by atoms with Crippen molar-refractivity contribution in [2.24, 2.45) is 11.8 Å². The fourth-order valence-electron chi connectivity index (χ4n) is 3.76. The Labute approximate surface area is 139 Å². The molecule has 2 atom stereocenters. The molecule has 1 N–H and O–H groups in total. The average Bonchev–Trinajstić information content (AvgIpc) is 2.99. The molecule has 1 aromatic rings. The van der Waals surface area contributed by atoms with E-state index in [0.29, 0.717) is 24.9 Å². The van der Waals surface area contributed by atoms with Crippen LogP contribution in [0.2, 0.25) is 0 Å². The molecule has 128 valence electrons. The molecular formula is C18H29N3O2. The van der Waals surface area contributed by atoms with Crippen LogP contribution < -0.4 is 5.32 Å². The van der Waals surface area contributed by atoms with Crippen LogP contribution in [0, 0.1) is 25.7 Å². The smallest absolute Gasteiger partial charge is 0.255 e. The van der Waals surface area contributed by atoms with Crippen LogP contribution in [0.25, 0.3) is 0 Å². The van der Waals surface area contributed by atoms with E-state index in [9.17, 15) is 9.59 Å². The van der Waals surface area contributed by atoms with E-state index < -0.39 is 0 Å².